The van der Waals surface area contributed by atoms with E-state index in [-0.39, 0.29) is 32.8 Å². The number of allylic oxidation sites excluding steroid dienone is 4. The van der Waals surface area contributed by atoms with Gasteiger partial charge in [-0.05, 0) is 55.7 Å². The molecule has 0 heterocycles. The van der Waals surface area contributed by atoms with Gasteiger partial charge < -0.3 is 10.4 Å². The standard InChI is InChI=1S/C21H18N6O6/c1-13-4-7-16(22-24(28)18-8-5-14(2)11-20(18)26(30)31)17(10-13)23-25(29)19-9-6-15(3)12-21(19)27(32)33/h4-12H,1-3H3. The molecule has 0 fully saturated rings. The molecule has 0 N–H and O–H groups in total. The average molecular weight is 450 g/mol. The Morgan fingerprint density at radius 1 is 0.788 bits per heavy atom. The van der Waals surface area contributed by atoms with Crippen LogP contribution in [0.25, 0.3) is 0 Å². The second-order valence-electron chi connectivity index (χ2n) is 7.24. The van der Waals surface area contributed by atoms with E-state index in [1.54, 1.807) is 26.8 Å². The van der Waals surface area contributed by atoms with Crippen LogP contribution in [-0.2, 0) is 0 Å². The Morgan fingerprint density at radius 2 is 1.39 bits per heavy atom. The van der Waals surface area contributed by atoms with E-state index >= 15 is 0 Å². The number of benzene rings is 2. The molecule has 168 valence electrons. The van der Waals surface area contributed by atoms with Crippen molar-refractivity contribution in [2.24, 2.45) is 10.2 Å². The third kappa shape index (κ3) is 5.19. The molecule has 0 unspecified atom stereocenters. The Hall–Kier alpha value is -4.58. The molecule has 1 aliphatic rings. The average Bonchev–Trinajstić information content (AvgIpc) is 2.75. The molecule has 0 saturated carbocycles. The molecule has 0 atom stereocenters. The minimum absolute atomic E-state index is 0.0458. The number of nitrogens with zero attached hydrogens (tertiary/aromatic N) is 6. The van der Waals surface area contributed by atoms with E-state index < -0.39 is 21.2 Å². The largest absolute Gasteiger partial charge is 0.737 e. The van der Waals surface area contributed by atoms with Crippen molar-refractivity contribution in [1.29, 1.82) is 0 Å². The van der Waals surface area contributed by atoms with Gasteiger partial charge in [0, 0.05) is 18.2 Å². The molecule has 0 amide bonds. The zero-order valence-electron chi connectivity index (χ0n) is 17.8. The van der Waals surface area contributed by atoms with Crippen LogP contribution in [0.2, 0.25) is 0 Å². The second kappa shape index (κ2) is 9.28. The molecule has 0 spiro atoms. The smallest absolute Gasteiger partial charge is 0.371 e. The van der Waals surface area contributed by atoms with Crippen molar-refractivity contribution in [1.82, 2.24) is 0 Å². The molecule has 0 bridgehead atoms. The molecule has 12 nitrogen and oxygen atoms in total. The molecule has 0 saturated heterocycles. The first-order valence-corrected chi connectivity index (χ1v) is 9.55. The Bertz CT molecular complexity index is 1290. The number of aryl methyl sites for hydroxylation is 2. The van der Waals surface area contributed by atoms with Crippen molar-refractivity contribution < 1.29 is 14.7 Å². The van der Waals surface area contributed by atoms with Gasteiger partial charge in [0.15, 0.2) is 10.6 Å². The summed E-state index contributed by atoms with van der Waals surface area (Å²) in [4.78, 5) is 34.0. The Labute approximate surface area is 187 Å². The summed E-state index contributed by atoms with van der Waals surface area (Å²) >= 11 is 0. The van der Waals surface area contributed by atoms with Crippen LogP contribution in [0.4, 0.5) is 22.7 Å². The van der Waals surface area contributed by atoms with Gasteiger partial charge in [-0.15, -0.1) is 0 Å². The first-order chi connectivity index (χ1) is 15.6. The summed E-state index contributed by atoms with van der Waals surface area (Å²) in [5.74, 6) is 0. The topological polar surface area (TPSA) is 157 Å². The quantitative estimate of drug-likeness (QED) is 0.265. The van der Waals surface area contributed by atoms with E-state index in [4.69, 9.17) is 0 Å². The fourth-order valence-electron chi connectivity index (χ4n) is 2.98. The van der Waals surface area contributed by atoms with Crippen LogP contribution in [0.3, 0.4) is 0 Å². The number of hydrogen-bond donors (Lipinski definition) is 0. The maximum atomic E-state index is 12.7. The van der Waals surface area contributed by atoms with Crippen molar-refractivity contribution in [2.75, 3.05) is 5.17 Å². The van der Waals surface area contributed by atoms with Crippen LogP contribution in [-0.4, -0.2) is 26.1 Å². The minimum Gasteiger partial charge on any atom is -0.737 e. The summed E-state index contributed by atoms with van der Waals surface area (Å²) in [6, 6.07) is 8.08. The number of nitroso groups, excluding NO2 is 1. The summed E-state index contributed by atoms with van der Waals surface area (Å²) in [5, 5.41) is 43.1. The second-order valence-corrected chi connectivity index (χ2v) is 7.24. The van der Waals surface area contributed by atoms with Crippen LogP contribution in [0.5, 0.6) is 0 Å². The van der Waals surface area contributed by atoms with E-state index in [0.29, 0.717) is 16.7 Å². The van der Waals surface area contributed by atoms with Gasteiger partial charge in [0.05, 0.1) is 19.9 Å². The normalized spacial score (nSPS) is 15.5. The predicted molar refractivity (Wildman–Crippen MR) is 123 cm³/mol. The Balaban J connectivity index is 2.04. The number of nitro benzene ring substituents is 2. The summed E-state index contributed by atoms with van der Waals surface area (Å²) < 4.78 is 0. The summed E-state index contributed by atoms with van der Waals surface area (Å²) in [5.41, 5.74) is 0.297. The Kier molecular flexibility index (Phi) is 6.49. The third-order valence-electron chi connectivity index (χ3n) is 4.60. The number of hydrazone groups is 2. The van der Waals surface area contributed by atoms with Gasteiger partial charge in [-0.1, -0.05) is 18.2 Å². The number of nitro groups is 2. The maximum Gasteiger partial charge on any atom is 0.371 e. The van der Waals surface area contributed by atoms with Crippen molar-refractivity contribution in [3.8, 4) is 0 Å². The fourth-order valence-corrected chi connectivity index (χ4v) is 2.98. The molecule has 33 heavy (non-hydrogen) atoms. The van der Waals surface area contributed by atoms with Gasteiger partial charge in [-0.3, -0.25) is 20.2 Å². The van der Waals surface area contributed by atoms with E-state index in [1.807, 2.05) is 0 Å². The molecule has 1 aliphatic carbocycles. The minimum atomic E-state index is -0.695. The van der Waals surface area contributed by atoms with Crippen molar-refractivity contribution >= 4 is 34.2 Å². The highest BCUT2D eigenvalue weighted by Crippen LogP contribution is 2.30. The van der Waals surface area contributed by atoms with E-state index in [9.17, 15) is 30.3 Å². The molecule has 0 aromatic heterocycles. The third-order valence-corrected chi connectivity index (χ3v) is 4.60. The molecule has 0 radical (unpaired) electrons. The SMILES string of the molecule is CC1=CC(=N[N+](=O)c2ccc(C)cc2[N+](=O)[O-])C(=NN([O-])c2ccc(C)cc2[N+](=O)[O-])C=C1. The van der Waals surface area contributed by atoms with Gasteiger partial charge in [-0.2, -0.15) is 5.10 Å². The van der Waals surface area contributed by atoms with Crippen LogP contribution >= 0.6 is 0 Å². The van der Waals surface area contributed by atoms with E-state index in [1.165, 1.54) is 48.6 Å². The summed E-state index contributed by atoms with van der Waals surface area (Å²) in [6.45, 7) is 5.01. The lowest BCUT2D eigenvalue weighted by Crippen LogP contribution is -2.20. The van der Waals surface area contributed by atoms with Gasteiger partial charge in [0.25, 0.3) is 5.69 Å². The highest BCUT2D eigenvalue weighted by Gasteiger charge is 2.29. The van der Waals surface area contributed by atoms with E-state index in [2.05, 4.69) is 10.2 Å². The van der Waals surface area contributed by atoms with Gasteiger partial charge >= 0.3 is 11.4 Å². The monoisotopic (exact) mass is 450 g/mol. The molecule has 0 aliphatic heterocycles. The number of hydrogen-bond acceptors (Lipinski definition) is 8. The van der Waals surface area contributed by atoms with Crippen molar-refractivity contribution in [3.05, 3.63) is 102 Å². The van der Waals surface area contributed by atoms with E-state index in [0.717, 1.165) is 0 Å². The molecule has 12 heteroatoms. The molecule has 2 aromatic carbocycles. The lowest BCUT2D eigenvalue weighted by molar-refractivity contribution is -0.480. The predicted octanol–water partition coefficient (Wildman–Crippen LogP) is 4.76. The fraction of sp³-hybridized carbons (Fsp3) is 0.143. The highest BCUT2D eigenvalue weighted by molar-refractivity contribution is 6.51. The van der Waals surface area contributed by atoms with Gasteiger partial charge in [0.2, 0.25) is 0 Å². The Morgan fingerprint density at radius 3 is 2.03 bits per heavy atom. The number of anilines is 1. The lowest BCUT2D eigenvalue weighted by atomic mass is 10.1. The molecular formula is C21H18N6O6. The highest BCUT2D eigenvalue weighted by atomic mass is 16.6. The zero-order chi connectivity index (χ0) is 24.3. The first-order valence-electron chi connectivity index (χ1n) is 9.55. The number of rotatable bonds is 6. The summed E-state index contributed by atoms with van der Waals surface area (Å²) in [7, 11) is 0. The zero-order valence-corrected chi connectivity index (χ0v) is 17.8. The first kappa shape index (κ1) is 23.1. The van der Waals surface area contributed by atoms with Gasteiger partial charge in [0.1, 0.15) is 11.4 Å². The van der Waals surface area contributed by atoms with Gasteiger partial charge in [-0.25, -0.2) is 0 Å². The van der Waals surface area contributed by atoms with Crippen molar-refractivity contribution in [2.45, 2.75) is 20.8 Å². The van der Waals surface area contributed by atoms with Crippen LogP contribution in [0.1, 0.15) is 18.1 Å². The maximum absolute atomic E-state index is 12.7. The van der Waals surface area contributed by atoms with Crippen LogP contribution < -0.4 is 5.17 Å². The van der Waals surface area contributed by atoms with Crippen molar-refractivity contribution in [3.63, 3.8) is 0 Å². The van der Waals surface area contributed by atoms with Crippen LogP contribution in [0.15, 0.2) is 70.4 Å². The molecular weight excluding hydrogens is 432 g/mol. The molecule has 3 rings (SSSR count). The molecule has 2 aromatic rings. The lowest BCUT2D eigenvalue weighted by Gasteiger charge is -2.25. The van der Waals surface area contributed by atoms with Crippen LogP contribution in [0, 0.1) is 44.2 Å². The summed E-state index contributed by atoms with van der Waals surface area (Å²) in [6.07, 6.45) is 4.48.